The van der Waals surface area contributed by atoms with Crippen molar-refractivity contribution >= 4 is 59.0 Å². The van der Waals surface area contributed by atoms with E-state index in [4.69, 9.17) is 0 Å². The SMILES string of the molecule is Cc1cccc(P(c2cccc(C)c2)c2cscc2P(c2cccc(C)c2)c2cccc(C)c2)c1. The molecule has 0 spiro atoms. The average molecular weight is 509 g/mol. The van der Waals surface area contributed by atoms with Gasteiger partial charge in [0.25, 0.3) is 0 Å². The van der Waals surface area contributed by atoms with Gasteiger partial charge in [0.1, 0.15) is 0 Å². The van der Waals surface area contributed by atoms with Gasteiger partial charge in [-0.1, -0.05) is 119 Å². The van der Waals surface area contributed by atoms with E-state index in [-0.39, 0.29) is 0 Å². The van der Waals surface area contributed by atoms with E-state index in [9.17, 15) is 0 Å². The van der Waals surface area contributed by atoms with E-state index >= 15 is 0 Å². The molecule has 0 saturated heterocycles. The molecule has 3 heteroatoms. The van der Waals surface area contributed by atoms with Gasteiger partial charge in [-0.15, -0.1) is 0 Å². The van der Waals surface area contributed by atoms with Crippen LogP contribution in [0, 0.1) is 27.7 Å². The molecule has 0 atom stereocenters. The van der Waals surface area contributed by atoms with Crippen molar-refractivity contribution in [3.05, 3.63) is 130 Å². The highest BCUT2D eigenvalue weighted by molar-refractivity contribution is 7.86. The predicted octanol–water partition coefficient (Wildman–Crippen LogP) is 6.50. The molecular weight excluding hydrogens is 478 g/mol. The molecule has 0 nitrogen and oxygen atoms in total. The van der Waals surface area contributed by atoms with E-state index < -0.39 is 15.8 Å². The van der Waals surface area contributed by atoms with E-state index in [0.29, 0.717) is 0 Å². The number of hydrogen-bond acceptors (Lipinski definition) is 1. The second-order valence-electron chi connectivity index (χ2n) is 9.17. The van der Waals surface area contributed by atoms with Crippen molar-refractivity contribution in [1.29, 1.82) is 0 Å². The van der Waals surface area contributed by atoms with E-state index in [1.807, 2.05) is 11.3 Å². The first-order chi connectivity index (χ1) is 17.0. The molecule has 0 aliphatic carbocycles. The monoisotopic (exact) mass is 508 g/mol. The summed E-state index contributed by atoms with van der Waals surface area (Å²) in [7, 11) is -1.33. The molecule has 1 heterocycles. The average Bonchev–Trinajstić information content (AvgIpc) is 3.28. The molecule has 4 aromatic carbocycles. The standard InChI is InChI=1S/C32H30P2S/c1-23-9-5-13-27(17-23)33(28-14-6-10-24(2)18-28)31-21-35-22-32(31)34(29-15-7-11-25(3)19-29)30-16-8-12-26(4)20-30/h5-22H,1-4H3. The van der Waals surface area contributed by atoms with Gasteiger partial charge in [0.05, 0.1) is 0 Å². The molecule has 174 valence electrons. The van der Waals surface area contributed by atoms with Gasteiger partial charge in [-0.25, -0.2) is 0 Å². The summed E-state index contributed by atoms with van der Waals surface area (Å²) in [6, 6.07) is 36.5. The summed E-state index contributed by atoms with van der Waals surface area (Å²) in [6.07, 6.45) is 0. The maximum Gasteiger partial charge on any atom is 0.00396 e. The number of aryl methyl sites for hydroxylation is 4. The van der Waals surface area contributed by atoms with Crippen LogP contribution in [0.5, 0.6) is 0 Å². The lowest BCUT2D eigenvalue weighted by Gasteiger charge is -2.25. The van der Waals surface area contributed by atoms with Gasteiger partial charge in [-0.05, 0) is 75.5 Å². The van der Waals surface area contributed by atoms with Crippen LogP contribution < -0.4 is 31.8 Å². The molecule has 0 amide bonds. The largest absolute Gasteiger partial charge is 0.151 e. The molecule has 0 saturated carbocycles. The quantitative estimate of drug-likeness (QED) is 0.230. The Labute approximate surface area is 216 Å². The highest BCUT2D eigenvalue weighted by Gasteiger charge is 2.27. The molecule has 0 N–H and O–H groups in total. The molecule has 0 radical (unpaired) electrons. The second kappa shape index (κ2) is 10.6. The van der Waals surface area contributed by atoms with Crippen molar-refractivity contribution < 1.29 is 0 Å². The smallest absolute Gasteiger partial charge is 0.00396 e. The Morgan fingerprint density at radius 3 is 0.971 bits per heavy atom. The molecule has 0 unspecified atom stereocenters. The Morgan fingerprint density at radius 2 is 0.714 bits per heavy atom. The van der Waals surface area contributed by atoms with Gasteiger partial charge in [0, 0.05) is 10.6 Å². The fourth-order valence-electron chi connectivity index (χ4n) is 4.54. The zero-order valence-electron chi connectivity index (χ0n) is 20.7. The lowest BCUT2D eigenvalue weighted by molar-refractivity contribution is 1.49. The Kier molecular flexibility index (Phi) is 7.31. The predicted molar refractivity (Wildman–Crippen MR) is 161 cm³/mol. The van der Waals surface area contributed by atoms with Crippen LogP contribution in [0.15, 0.2) is 108 Å². The van der Waals surface area contributed by atoms with Gasteiger partial charge in [0.15, 0.2) is 0 Å². The number of thiophene rings is 1. The third-order valence-corrected chi connectivity index (χ3v) is 12.3. The number of hydrogen-bond donors (Lipinski definition) is 0. The third kappa shape index (κ3) is 5.34. The maximum absolute atomic E-state index is 2.42. The van der Waals surface area contributed by atoms with Crippen LogP contribution in [-0.2, 0) is 0 Å². The Bertz CT molecular complexity index is 1270. The first-order valence-corrected chi connectivity index (χ1v) is 15.6. The summed E-state index contributed by atoms with van der Waals surface area (Å²) in [6.45, 7) is 8.81. The van der Waals surface area contributed by atoms with Crippen LogP contribution in [0.4, 0.5) is 0 Å². The van der Waals surface area contributed by atoms with E-state index in [1.54, 1.807) is 0 Å². The molecule has 0 bridgehead atoms. The zero-order chi connectivity index (χ0) is 24.4. The summed E-state index contributed by atoms with van der Waals surface area (Å²) in [4.78, 5) is 0. The summed E-state index contributed by atoms with van der Waals surface area (Å²) < 4.78 is 0. The van der Waals surface area contributed by atoms with Crippen LogP contribution >= 0.6 is 27.2 Å². The van der Waals surface area contributed by atoms with Gasteiger partial charge in [0.2, 0.25) is 0 Å². The summed E-state index contributed by atoms with van der Waals surface area (Å²) in [5.74, 6) is 0. The Morgan fingerprint density at radius 1 is 0.429 bits per heavy atom. The van der Waals surface area contributed by atoms with Crippen molar-refractivity contribution in [3.63, 3.8) is 0 Å². The minimum Gasteiger partial charge on any atom is -0.151 e. The van der Waals surface area contributed by atoms with Crippen LogP contribution in [0.3, 0.4) is 0 Å². The van der Waals surface area contributed by atoms with Crippen molar-refractivity contribution in [3.8, 4) is 0 Å². The summed E-state index contributed by atoms with van der Waals surface area (Å²) >= 11 is 1.85. The van der Waals surface area contributed by atoms with Crippen LogP contribution in [0.25, 0.3) is 0 Å². The van der Waals surface area contributed by atoms with Crippen LogP contribution in [0.1, 0.15) is 22.3 Å². The highest BCUT2D eigenvalue weighted by Crippen LogP contribution is 2.40. The molecule has 5 aromatic rings. The van der Waals surface area contributed by atoms with Crippen LogP contribution in [0.2, 0.25) is 0 Å². The van der Waals surface area contributed by atoms with Crippen molar-refractivity contribution in [1.82, 2.24) is 0 Å². The molecule has 5 rings (SSSR count). The van der Waals surface area contributed by atoms with Crippen molar-refractivity contribution in [2.75, 3.05) is 0 Å². The summed E-state index contributed by atoms with van der Waals surface area (Å²) in [5, 5.41) is 13.5. The van der Waals surface area contributed by atoms with Crippen molar-refractivity contribution in [2.24, 2.45) is 0 Å². The molecule has 35 heavy (non-hydrogen) atoms. The number of benzene rings is 4. The van der Waals surface area contributed by atoms with E-state index in [0.717, 1.165) is 0 Å². The molecular formula is C32H30P2S. The minimum absolute atomic E-state index is 0.664. The molecule has 1 aromatic heterocycles. The van der Waals surface area contributed by atoms with E-state index in [1.165, 1.54) is 54.1 Å². The van der Waals surface area contributed by atoms with Gasteiger partial charge in [-0.3, -0.25) is 0 Å². The maximum atomic E-state index is 2.42. The highest BCUT2D eigenvalue weighted by atomic mass is 32.1. The summed E-state index contributed by atoms with van der Waals surface area (Å²) in [5.41, 5.74) is 5.27. The van der Waals surface area contributed by atoms with Gasteiger partial charge >= 0.3 is 0 Å². The normalized spacial score (nSPS) is 11.4. The van der Waals surface area contributed by atoms with Gasteiger partial charge in [-0.2, -0.15) is 11.3 Å². The minimum atomic E-state index is -0.664. The fourth-order valence-corrected chi connectivity index (χ4v) is 11.7. The third-order valence-electron chi connectivity index (χ3n) is 6.14. The molecule has 0 aliphatic rings. The zero-order valence-corrected chi connectivity index (χ0v) is 23.3. The van der Waals surface area contributed by atoms with E-state index in [2.05, 4.69) is 136 Å². The molecule has 0 fully saturated rings. The second-order valence-corrected chi connectivity index (χ2v) is 14.3. The molecule has 0 aliphatic heterocycles. The lowest BCUT2D eigenvalue weighted by atomic mass is 10.2. The fraction of sp³-hybridized carbons (Fsp3) is 0.125. The topological polar surface area (TPSA) is 0 Å². The van der Waals surface area contributed by atoms with Crippen molar-refractivity contribution in [2.45, 2.75) is 27.7 Å². The first-order valence-electron chi connectivity index (χ1n) is 11.9. The van der Waals surface area contributed by atoms with Crippen LogP contribution in [-0.4, -0.2) is 0 Å². The Hall–Kier alpha value is -2.56. The first kappa shape index (κ1) is 24.1. The van der Waals surface area contributed by atoms with Gasteiger partial charge < -0.3 is 0 Å². The lowest BCUT2D eigenvalue weighted by Crippen LogP contribution is -2.32. The Balaban J connectivity index is 1.74. The number of rotatable bonds is 6.